The average Bonchev–Trinajstić information content (AvgIpc) is 2.53. The number of halogens is 7. The molecule has 0 aliphatic carbocycles. The van der Waals surface area contributed by atoms with Gasteiger partial charge in [0.25, 0.3) is 0 Å². The van der Waals surface area contributed by atoms with Gasteiger partial charge >= 0.3 is 18.0 Å². The number of hydrogen-bond acceptors (Lipinski definition) is 3. The maximum Gasteiger partial charge on any atom is 0.460 e. The first-order valence-electron chi connectivity index (χ1n) is 3.19. The van der Waals surface area contributed by atoms with Gasteiger partial charge in [0.05, 0.1) is 0 Å². The van der Waals surface area contributed by atoms with Gasteiger partial charge in [0.2, 0.25) is 0 Å². The van der Waals surface area contributed by atoms with Crippen LogP contribution in [0.25, 0.3) is 0 Å². The third-order valence-corrected chi connectivity index (χ3v) is 2.14. The summed E-state index contributed by atoms with van der Waals surface area (Å²) in [4.78, 5) is 0. The van der Waals surface area contributed by atoms with Crippen molar-refractivity contribution in [3.8, 4) is 0 Å². The lowest BCUT2D eigenvalue weighted by molar-refractivity contribution is -0.359. The van der Waals surface area contributed by atoms with E-state index in [4.69, 9.17) is 0 Å². The Bertz CT molecular complexity index is 330. The first-order valence-corrected chi connectivity index (χ1v) is 4.07. The molecule has 2 nitrogen and oxygen atoms in total. The molecule has 1 aromatic heterocycles. The van der Waals surface area contributed by atoms with E-state index in [0.717, 1.165) is 0 Å². The second-order valence-corrected chi connectivity index (χ2v) is 3.22. The molecule has 0 aromatic carbocycles. The minimum absolute atomic E-state index is 0.0794. The normalized spacial score (nSPS) is 14.3. The maximum atomic E-state index is 12.7. The van der Waals surface area contributed by atoms with E-state index in [1.807, 2.05) is 0 Å². The van der Waals surface area contributed by atoms with Crippen molar-refractivity contribution in [3.63, 3.8) is 0 Å². The molecule has 86 valence electrons. The SMILES string of the molecule is FC(F)(F)C(F)(F)C(F)(F)c1nncs1. The molecule has 0 atom stereocenters. The summed E-state index contributed by atoms with van der Waals surface area (Å²) in [5, 5.41) is 3.60. The fraction of sp³-hybridized carbons (Fsp3) is 0.600. The van der Waals surface area contributed by atoms with Crippen LogP contribution in [-0.4, -0.2) is 22.3 Å². The van der Waals surface area contributed by atoms with Gasteiger partial charge in [-0.05, 0) is 0 Å². The zero-order chi connectivity index (χ0) is 11.9. The Kier molecular flexibility index (Phi) is 2.66. The third-order valence-electron chi connectivity index (χ3n) is 1.38. The van der Waals surface area contributed by atoms with E-state index in [1.54, 1.807) is 0 Å². The number of nitrogens with zero attached hydrogens (tertiary/aromatic N) is 2. The summed E-state index contributed by atoms with van der Waals surface area (Å²) in [7, 11) is 0. The Morgan fingerprint density at radius 3 is 1.87 bits per heavy atom. The first-order chi connectivity index (χ1) is 6.61. The highest BCUT2D eigenvalue weighted by atomic mass is 32.1. The van der Waals surface area contributed by atoms with E-state index in [1.165, 1.54) is 0 Å². The molecule has 0 N–H and O–H groups in total. The van der Waals surface area contributed by atoms with Crippen LogP contribution in [-0.2, 0) is 5.92 Å². The van der Waals surface area contributed by atoms with Gasteiger partial charge in [-0.1, -0.05) is 11.3 Å². The lowest BCUT2D eigenvalue weighted by Crippen LogP contribution is -2.50. The Labute approximate surface area is 81.7 Å². The van der Waals surface area contributed by atoms with Crippen LogP contribution in [0.4, 0.5) is 30.7 Å². The van der Waals surface area contributed by atoms with Gasteiger partial charge < -0.3 is 0 Å². The van der Waals surface area contributed by atoms with Gasteiger partial charge in [0.15, 0.2) is 5.01 Å². The molecular formula is C5HF7N2S. The second-order valence-electron chi connectivity index (χ2n) is 2.39. The Morgan fingerprint density at radius 1 is 1.00 bits per heavy atom. The van der Waals surface area contributed by atoms with E-state index in [-0.39, 0.29) is 11.3 Å². The summed E-state index contributed by atoms with van der Waals surface area (Å²) < 4.78 is 85.0. The quantitative estimate of drug-likeness (QED) is 0.758. The zero-order valence-electron chi connectivity index (χ0n) is 6.53. The predicted molar refractivity (Wildman–Crippen MR) is 34.8 cm³/mol. The van der Waals surface area contributed by atoms with Crippen molar-refractivity contribution in [1.82, 2.24) is 10.2 Å². The molecule has 0 radical (unpaired) electrons. The van der Waals surface area contributed by atoms with Crippen molar-refractivity contribution in [3.05, 3.63) is 10.5 Å². The molecule has 0 amide bonds. The van der Waals surface area contributed by atoms with Crippen LogP contribution < -0.4 is 0 Å². The number of hydrogen-bond donors (Lipinski definition) is 0. The van der Waals surface area contributed by atoms with Crippen molar-refractivity contribution < 1.29 is 30.7 Å². The molecule has 1 aromatic rings. The van der Waals surface area contributed by atoms with Gasteiger partial charge in [-0.2, -0.15) is 30.7 Å². The van der Waals surface area contributed by atoms with Crippen molar-refractivity contribution in [1.29, 1.82) is 0 Å². The largest absolute Gasteiger partial charge is 0.460 e. The monoisotopic (exact) mass is 254 g/mol. The molecule has 0 unspecified atom stereocenters. The van der Waals surface area contributed by atoms with Gasteiger partial charge in [-0.25, -0.2) is 0 Å². The summed E-state index contributed by atoms with van der Waals surface area (Å²) in [6, 6.07) is 0. The Morgan fingerprint density at radius 2 is 1.53 bits per heavy atom. The number of alkyl halides is 7. The molecule has 0 aliphatic heterocycles. The van der Waals surface area contributed by atoms with E-state index in [9.17, 15) is 30.7 Å². The van der Waals surface area contributed by atoms with Crippen LogP contribution in [0, 0.1) is 0 Å². The van der Waals surface area contributed by atoms with E-state index in [0.29, 0.717) is 5.51 Å². The van der Waals surface area contributed by atoms with Gasteiger partial charge in [0, 0.05) is 0 Å². The fourth-order valence-corrected chi connectivity index (χ4v) is 1.19. The molecule has 15 heavy (non-hydrogen) atoms. The molecule has 1 heterocycles. The topological polar surface area (TPSA) is 25.8 Å². The summed E-state index contributed by atoms with van der Waals surface area (Å²) in [5.74, 6) is -11.6. The van der Waals surface area contributed by atoms with Gasteiger partial charge in [-0.15, -0.1) is 10.2 Å². The van der Waals surface area contributed by atoms with E-state index < -0.39 is 23.0 Å². The van der Waals surface area contributed by atoms with Crippen LogP contribution in [0.5, 0.6) is 0 Å². The van der Waals surface area contributed by atoms with Crippen LogP contribution in [0.3, 0.4) is 0 Å². The standard InChI is InChI=1S/C5HF7N2S/c6-3(7,2-14-13-1-15-2)4(8,9)5(10,11)12/h1H. The van der Waals surface area contributed by atoms with Crippen molar-refractivity contribution in [2.45, 2.75) is 18.0 Å². The zero-order valence-corrected chi connectivity index (χ0v) is 7.34. The highest BCUT2D eigenvalue weighted by Gasteiger charge is 2.74. The highest BCUT2D eigenvalue weighted by Crippen LogP contribution is 2.51. The summed E-state index contributed by atoms with van der Waals surface area (Å²) in [6.45, 7) is 0. The summed E-state index contributed by atoms with van der Waals surface area (Å²) in [6.07, 6.45) is -6.35. The highest BCUT2D eigenvalue weighted by molar-refractivity contribution is 7.09. The van der Waals surface area contributed by atoms with E-state index >= 15 is 0 Å². The minimum atomic E-state index is -6.35. The Balaban J connectivity index is 3.17. The van der Waals surface area contributed by atoms with Gasteiger partial charge in [-0.3, -0.25) is 0 Å². The molecular weight excluding hydrogens is 253 g/mol. The van der Waals surface area contributed by atoms with E-state index in [2.05, 4.69) is 10.2 Å². The minimum Gasteiger partial charge on any atom is -0.191 e. The van der Waals surface area contributed by atoms with Crippen molar-refractivity contribution in [2.24, 2.45) is 0 Å². The van der Waals surface area contributed by atoms with Crippen molar-refractivity contribution in [2.75, 3.05) is 0 Å². The second kappa shape index (κ2) is 3.29. The summed E-state index contributed by atoms with van der Waals surface area (Å²) >= 11 is -0.0794. The van der Waals surface area contributed by atoms with Gasteiger partial charge in [0.1, 0.15) is 5.51 Å². The van der Waals surface area contributed by atoms with Crippen molar-refractivity contribution >= 4 is 11.3 Å². The lowest BCUT2D eigenvalue weighted by atomic mass is 10.2. The Hall–Kier alpha value is -0.930. The molecule has 1 rings (SSSR count). The average molecular weight is 254 g/mol. The molecule has 0 fully saturated rings. The molecule has 0 spiro atoms. The lowest BCUT2D eigenvalue weighted by Gasteiger charge is -2.25. The fourth-order valence-electron chi connectivity index (χ4n) is 0.622. The van der Waals surface area contributed by atoms with Crippen LogP contribution >= 0.6 is 11.3 Å². The predicted octanol–water partition coefficient (Wildman–Crippen LogP) is 2.83. The molecule has 0 saturated heterocycles. The van der Waals surface area contributed by atoms with Crippen LogP contribution in [0.2, 0.25) is 0 Å². The number of aromatic nitrogens is 2. The van der Waals surface area contributed by atoms with Crippen LogP contribution in [0.15, 0.2) is 5.51 Å². The molecule has 0 bridgehead atoms. The maximum absolute atomic E-state index is 12.7. The smallest absolute Gasteiger partial charge is 0.191 e. The summed E-state index contributed by atoms with van der Waals surface area (Å²) in [5.41, 5.74) is 0.635. The van der Waals surface area contributed by atoms with Crippen LogP contribution in [0.1, 0.15) is 5.01 Å². The number of rotatable bonds is 2. The molecule has 0 saturated carbocycles. The molecule has 0 aliphatic rings. The molecule has 10 heteroatoms. The first kappa shape index (κ1) is 12.1. The third kappa shape index (κ3) is 1.77.